The number of anilines is 1. The molecule has 1 atom stereocenters. The lowest BCUT2D eigenvalue weighted by atomic mass is 9.62. The van der Waals surface area contributed by atoms with E-state index in [1.165, 1.54) is 23.3 Å². The summed E-state index contributed by atoms with van der Waals surface area (Å²) in [5.41, 5.74) is 4.83. The maximum absolute atomic E-state index is 11.3. The van der Waals surface area contributed by atoms with E-state index in [0.29, 0.717) is 12.1 Å². The Balaban J connectivity index is 1.67. The van der Waals surface area contributed by atoms with Gasteiger partial charge >= 0.3 is 11.9 Å². The maximum Gasteiger partial charge on any atom is 0.339 e. The van der Waals surface area contributed by atoms with Crippen molar-refractivity contribution in [3.8, 4) is 5.75 Å². The van der Waals surface area contributed by atoms with Crippen molar-refractivity contribution in [2.45, 2.75) is 63.9 Å². The number of fused-ring (bicyclic) bond motifs is 1. The van der Waals surface area contributed by atoms with Crippen LogP contribution in [0.5, 0.6) is 5.75 Å². The van der Waals surface area contributed by atoms with Crippen molar-refractivity contribution >= 4 is 23.7 Å². The SMILES string of the molecule is CC1(C)CCC(C)(C)c2c(N3CCN(CCC(=O)O)CC3)cc(C(O)/C=C/c3ccc(C(=O)O)c(O)c3)cc21. The van der Waals surface area contributed by atoms with E-state index in [9.17, 15) is 19.8 Å². The highest BCUT2D eigenvalue weighted by molar-refractivity contribution is 5.91. The molecule has 1 unspecified atom stereocenters. The van der Waals surface area contributed by atoms with Gasteiger partial charge in [-0.05, 0) is 64.1 Å². The zero-order valence-corrected chi connectivity index (χ0v) is 23.3. The lowest BCUT2D eigenvalue weighted by Gasteiger charge is -2.46. The number of carboxylic acid groups (broad SMARTS) is 2. The maximum atomic E-state index is 11.3. The predicted octanol–water partition coefficient (Wildman–Crippen LogP) is 4.78. The second-order valence-electron chi connectivity index (χ2n) is 12.1. The summed E-state index contributed by atoms with van der Waals surface area (Å²) >= 11 is 0. The van der Waals surface area contributed by atoms with Crippen molar-refractivity contribution in [1.29, 1.82) is 0 Å². The lowest BCUT2D eigenvalue weighted by molar-refractivity contribution is -0.137. The summed E-state index contributed by atoms with van der Waals surface area (Å²) in [5.74, 6) is -2.29. The van der Waals surface area contributed by atoms with Gasteiger partial charge in [0.25, 0.3) is 0 Å². The summed E-state index contributed by atoms with van der Waals surface area (Å²) in [6.45, 7) is 12.8. The molecule has 0 radical (unpaired) electrons. The summed E-state index contributed by atoms with van der Waals surface area (Å²) in [4.78, 5) is 26.8. The molecule has 0 amide bonds. The molecule has 8 nitrogen and oxygen atoms in total. The van der Waals surface area contributed by atoms with E-state index in [2.05, 4.69) is 49.6 Å². The van der Waals surface area contributed by atoms with Gasteiger partial charge in [-0.1, -0.05) is 52.0 Å². The van der Waals surface area contributed by atoms with Crippen molar-refractivity contribution < 1.29 is 30.0 Å². The third kappa shape index (κ3) is 6.28. The van der Waals surface area contributed by atoms with Gasteiger partial charge in [0.1, 0.15) is 11.3 Å². The van der Waals surface area contributed by atoms with Gasteiger partial charge in [0.15, 0.2) is 0 Å². The molecular formula is C31H40N2O6. The number of nitrogens with zero attached hydrogens (tertiary/aromatic N) is 2. The molecule has 1 fully saturated rings. The second kappa shape index (κ2) is 11.0. The number of hydrogen-bond donors (Lipinski definition) is 4. The van der Waals surface area contributed by atoms with E-state index in [-0.39, 0.29) is 28.6 Å². The number of aromatic hydroxyl groups is 1. The number of rotatable bonds is 8. The Morgan fingerprint density at radius 1 is 0.974 bits per heavy atom. The highest BCUT2D eigenvalue weighted by Crippen LogP contribution is 2.50. The molecule has 0 aromatic heterocycles. The second-order valence-corrected chi connectivity index (χ2v) is 12.1. The Bertz CT molecular complexity index is 1270. The number of piperazine rings is 1. The van der Waals surface area contributed by atoms with Gasteiger partial charge in [-0.15, -0.1) is 0 Å². The summed E-state index contributed by atoms with van der Waals surface area (Å²) in [6, 6.07) is 8.54. The van der Waals surface area contributed by atoms with Crippen LogP contribution in [0.4, 0.5) is 5.69 Å². The topological polar surface area (TPSA) is 122 Å². The fourth-order valence-electron chi connectivity index (χ4n) is 5.81. The number of hydrogen-bond acceptors (Lipinski definition) is 6. The fraction of sp³-hybridized carbons (Fsp3) is 0.484. The first-order valence-corrected chi connectivity index (χ1v) is 13.6. The molecule has 8 heteroatoms. The zero-order chi connectivity index (χ0) is 28.5. The lowest BCUT2D eigenvalue weighted by Crippen LogP contribution is -2.48. The first-order valence-electron chi connectivity index (χ1n) is 13.6. The van der Waals surface area contributed by atoms with Crippen molar-refractivity contribution in [2.75, 3.05) is 37.6 Å². The Morgan fingerprint density at radius 3 is 2.26 bits per heavy atom. The third-order valence-corrected chi connectivity index (χ3v) is 8.34. The normalized spacial score (nSPS) is 19.6. The molecule has 0 bridgehead atoms. The highest BCUT2D eigenvalue weighted by Gasteiger charge is 2.40. The van der Waals surface area contributed by atoms with Gasteiger partial charge in [0.2, 0.25) is 0 Å². The molecule has 1 heterocycles. The van der Waals surface area contributed by atoms with Gasteiger partial charge in [0, 0.05) is 38.4 Å². The first kappa shape index (κ1) is 28.6. The summed E-state index contributed by atoms with van der Waals surface area (Å²) in [5, 5.41) is 39.5. The van der Waals surface area contributed by atoms with Crippen molar-refractivity contribution in [2.24, 2.45) is 0 Å². The Morgan fingerprint density at radius 2 is 1.64 bits per heavy atom. The predicted molar refractivity (Wildman–Crippen MR) is 152 cm³/mol. The quantitative estimate of drug-likeness (QED) is 0.380. The van der Waals surface area contributed by atoms with E-state index < -0.39 is 18.0 Å². The van der Waals surface area contributed by atoms with Gasteiger partial charge in [-0.25, -0.2) is 4.79 Å². The van der Waals surface area contributed by atoms with E-state index in [4.69, 9.17) is 10.2 Å². The van der Waals surface area contributed by atoms with Crippen LogP contribution in [0.15, 0.2) is 36.4 Å². The number of aliphatic carboxylic acids is 1. The number of phenols is 1. The molecule has 1 saturated heterocycles. The van der Waals surface area contributed by atoms with Crippen molar-refractivity contribution in [3.63, 3.8) is 0 Å². The third-order valence-electron chi connectivity index (χ3n) is 8.34. The molecule has 2 aromatic carbocycles. The van der Waals surface area contributed by atoms with Crippen LogP contribution in [0.3, 0.4) is 0 Å². The molecule has 0 saturated carbocycles. The molecule has 39 heavy (non-hydrogen) atoms. The average Bonchev–Trinajstić information content (AvgIpc) is 2.88. The zero-order valence-electron chi connectivity index (χ0n) is 23.3. The smallest absolute Gasteiger partial charge is 0.339 e. The largest absolute Gasteiger partial charge is 0.507 e. The van der Waals surface area contributed by atoms with E-state index in [1.54, 1.807) is 18.2 Å². The number of aliphatic hydroxyl groups excluding tert-OH is 1. The van der Waals surface area contributed by atoms with E-state index >= 15 is 0 Å². The Kier molecular flexibility index (Phi) is 8.09. The number of carbonyl (C=O) groups is 2. The monoisotopic (exact) mass is 536 g/mol. The molecule has 1 aliphatic carbocycles. The minimum Gasteiger partial charge on any atom is -0.507 e. The molecule has 0 spiro atoms. The number of benzene rings is 2. The summed E-state index contributed by atoms with van der Waals surface area (Å²) in [7, 11) is 0. The molecule has 1 aliphatic heterocycles. The van der Waals surface area contributed by atoms with Crippen LogP contribution in [0, 0.1) is 0 Å². The standard InChI is InChI=1S/C31H40N2O6/c1-30(2)10-11-31(3,4)28-23(30)18-21(19-24(28)33-15-13-32(14-16-33)12-9-27(36)37)25(34)8-6-20-5-7-22(29(38)39)26(35)17-20/h5-8,17-19,25,34-35H,9-16H2,1-4H3,(H,36,37)(H,38,39)/b8-6+. The van der Waals surface area contributed by atoms with E-state index in [1.807, 2.05) is 0 Å². The van der Waals surface area contributed by atoms with Gasteiger partial charge in [-0.3, -0.25) is 9.69 Å². The van der Waals surface area contributed by atoms with Crippen LogP contribution >= 0.6 is 0 Å². The molecule has 2 aliphatic rings. The average molecular weight is 537 g/mol. The minimum absolute atomic E-state index is 0.0244. The van der Waals surface area contributed by atoms with Gasteiger partial charge in [0.05, 0.1) is 12.5 Å². The van der Waals surface area contributed by atoms with Gasteiger partial charge < -0.3 is 25.3 Å². The minimum atomic E-state index is -1.20. The molecule has 2 aromatic rings. The van der Waals surface area contributed by atoms with E-state index in [0.717, 1.165) is 50.3 Å². The van der Waals surface area contributed by atoms with Gasteiger partial charge in [-0.2, -0.15) is 0 Å². The summed E-state index contributed by atoms with van der Waals surface area (Å²) in [6.07, 6.45) is 4.70. The number of aromatic carboxylic acids is 1. The summed E-state index contributed by atoms with van der Waals surface area (Å²) < 4.78 is 0. The van der Waals surface area contributed by atoms with Crippen LogP contribution < -0.4 is 4.90 Å². The van der Waals surface area contributed by atoms with Crippen molar-refractivity contribution in [1.82, 2.24) is 4.90 Å². The van der Waals surface area contributed by atoms with Crippen LogP contribution in [-0.4, -0.2) is 70.0 Å². The fourth-order valence-corrected chi connectivity index (χ4v) is 5.81. The number of aliphatic hydroxyl groups is 1. The molecule has 4 rings (SSSR count). The number of carboxylic acids is 2. The molecule has 4 N–H and O–H groups in total. The molecular weight excluding hydrogens is 496 g/mol. The van der Waals surface area contributed by atoms with Crippen LogP contribution in [0.1, 0.15) is 85.7 Å². The van der Waals surface area contributed by atoms with Crippen molar-refractivity contribution in [3.05, 3.63) is 64.2 Å². The van der Waals surface area contributed by atoms with Crippen LogP contribution in [0.25, 0.3) is 6.08 Å². The first-order chi connectivity index (χ1) is 18.3. The van der Waals surface area contributed by atoms with Crippen LogP contribution in [0.2, 0.25) is 0 Å². The molecule has 210 valence electrons. The Labute approximate surface area is 230 Å². The van der Waals surface area contributed by atoms with Crippen LogP contribution in [-0.2, 0) is 15.6 Å². The Hall–Kier alpha value is -3.36. The highest BCUT2D eigenvalue weighted by atomic mass is 16.4.